The zero-order valence-corrected chi connectivity index (χ0v) is 20.9. The molecule has 1 N–H and O–H groups in total. The second kappa shape index (κ2) is 11.1. The van der Waals surface area contributed by atoms with Crippen LogP contribution >= 0.6 is 0 Å². The van der Waals surface area contributed by atoms with Crippen LogP contribution in [0.15, 0.2) is 47.6 Å². The predicted molar refractivity (Wildman–Crippen MR) is 133 cm³/mol. The molecule has 1 aliphatic heterocycles. The zero-order chi connectivity index (χ0) is 24.8. The molecule has 0 bridgehead atoms. The van der Waals surface area contributed by atoms with Crippen LogP contribution in [0, 0.1) is 0 Å². The Morgan fingerprint density at radius 3 is 2.38 bits per heavy atom. The molecule has 1 atom stereocenters. The quantitative estimate of drug-likeness (QED) is 0.434. The number of benzene rings is 2. The van der Waals surface area contributed by atoms with Gasteiger partial charge in [-0.15, -0.1) is 0 Å². The summed E-state index contributed by atoms with van der Waals surface area (Å²) in [6.07, 6.45) is 6.26. The van der Waals surface area contributed by atoms with Crippen molar-refractivity contribution in [1.82, 2.24) is 0 Å². The van der Waals surface area contributed by atoms with Crippen LogP contribution in [0.4, 0.5) is 0 Å². The summed E-state index contributed by atoms with van der Waals surface area (Å²) in [6, 6.07) is 7.13. The normalized spacial score (nSPS) is 15.3. The highest BCUT2D eigenvalue weighted by Gasteiger charge is 2.33. The fourth-order valence-corrected chi connectivity index (χ4v) is 4.08. The Labute approximate surface area is 201 Å². The van der Waals surface area contributed by atoms with Crippen molar-refractivity contribution in [2.24, 2.45) is 0 Å². The van der Waals surface area contributed by atoms with E-state index in [2.05, 4.69) is 32.9 Å². The number of rotatable bonds is 9. The maximum atomic E-state index is 13.1. The van der Waals surface area contributed by atoms with Gasteiger partial charge in [0.05, 0.1) is 27.8 Å². The molecule has 6 nitrogen and oxygen atoms in total. The molecule has 182 valence electrons. The fourth-order valence-electron chi connectivity index (χ4n) is 4.08. The second-order valence-corrected chi connectivity index (χ2v) is 8.70. The molecule has 1 aliphatic rings. The van der Waals surface area contributed by atoms with Crippen LogP contribution in [0.1, 0.15) is 67.6 Å². The molecular weight excluding hydrogens is 432 g/mol. The van der Waals surface area contributed by atoms with Gasteiger partial charge in [-0.05, 0) is 57.7 Å². The first-order chi connectivity index (χ1) is 16.3. The summed E-state index contributed by atoms with van der Waals surface area (Å²) in [4.78, 5) is 13.1. The van der Waals surface area contributed by atoms with Gasteiger partial charge in [-0.1, -0.05) is 29.4 Å². The van der Waals surface area contributed by atoms with E-state index in [1.165, 1.54) is 11.1 Å². The molecule has 0 amide bonds. The lowest BCUT2D eigenvalue weighted by Crippen LogP contribution is -2.21. The van der Waals surface area contributed by atoms with Gasteiger partial charge in [0.2, 0.25) is 0 Å². The van der Waals surface area contributed by atoms with Crippen LogP contribution in [0.2, 0.25) is 0 Å². The standard InChI is InChI=1S/C28H34O6/c1-17(2)8-7-9-18(3)10-12-20-24(32-5)16-26-27(28(20)30)21(29)15-23(34-26)19-11-13-22(31-4)25(14-19)33-6/h8,10-11,13-14,16,23,30H,7,9,12,15H2,1-6H3/t23-/m0/s1. The van der Waals surface area contributed by atoms with Crippen LogP contribution in [-0.2, 0) is 6.42 Å². The van der Waals surface area contributed by atoms with Gasteiger partial charge >= 0.3 is 0 Å². The summed E-state index contributed by atoms with van der Waals surface area (Å²) in [5.74, 6) is 1.72. The maximum absolute atomic E-state index is 13.1. The van der Waals surface area contributed by atoms with Crippen molar-refractivity contribution >= 4 is 5.78 Å². The Bertz CT molecular complexity index is 1110. The van der Waals surface area contributed by atoms with E-state index < -0.39 is 6.10 Å². The molecule has 2 aromatic carbocycles. The summed E-state index contributed by atoms with van der Waals surface area (Å²) >= 11 is 0. The number of ether oxygens (including phenoxy) is 4. The molecule has 0 radical (unpaired) electrons. The van der Waals surface area contributed by atoms with E-state index in [0.29, 0.717) is 35.0 Å². The number of carbonyl (C=O) groups is 1. The van der Waals surface area contributed by atoms with Gasteiger partial charge in [0.25, 0.3) is 0 Å². The lowest BCUT2D eigenvalue weighted by molar-refractivity contribution is 0.0844. The number of hydrogen-bond acceptors (Lipinski definition) is 6. The van der Waals surface area contributed by atoms with E-state index in [9.17, 15) is 9.90 Å². The molecule has 6 heteroatoms. The Morgan fingerprint density at radius 1 is 1.03 bits per heavy atom. The number of fused-ring (bicyclic) bond motifs is 1. The number of ketones is 1. The summed E-state index contributed by atoms with van der Waals surface area (Å²) in [5, 5.41) is 11.0. The largest absolute Gasteiger partial charge is 0.507 e. The van der Waals surface area contributed by atoms with E-state index in [-0.39, 0.29) is 23.5 Å². The van der Waals surface area contributed by atoms with E-state index in [4.69, 9.17) is 18.9 Å². The number of hydrogen-bond donors (Lipinski definition) is 1. The molecule has 1 heterocycles. The molecule has 0 aromatic heterocycles. The van der Waals surface area contributed by atoms with E-state index in [0.717, 1.165) is 18.4 Å². The summed E-state index contributed by atoms with van der Waals surface area (Å²) in [7, 11) is 4.68. The molecule has 0 unspecified atom stereocenters. The van der Waals surface area contributed by atoms with Crippen molar-refractivity contribution in [1.29, 1.82) is 0 Å². The number of phenols is 1. The number of carbonyl (C=O) groups excluding carboxylic acids is 1. The van der Waals surface area contributed by atoms with Crippen molar-refractivity contribution in [2.75, 3.05) is 21.3 Å². The highest BCUT2D eigenvalue weighted by molar-refractivity contribution is 6.03. The van der Waals surface area contributed by atoms with Gasteiger partial charge in [0, 0.05) is 11.6 Å². The fraction of sp³-hybridized carbons (Fsp3) is 0.393. The number of Topliss-reactive ketones (excluding diaryl/α,β-unsaturated/α-hetero) is 1. The van der Waals surface area contributed by atoms with Crippen LogP contribution in [0.5, 0.6) is 28.7 Å². The minimum absolute atomic E-state index is 0.0709. The Balaban J connectivity index is 1.89. The lowest BCUT2D eigenvalue weighted by atomic mass is 9.92. The van der Waals surface area contributed by atoms with Gasteiger partial charge in [-0.2, -0.15) is 0 Å². The smallest absolute Gasteiger partial charge is 0.174 e. The van der Waals surface area contributed by atoms with Crippen molar-refractivity contribution in [3.63, 3.8) is 0 Å². The number of aromatic hydroxyl groups is 1. The van der Waals surface area contributed by atoms with Crippen LogP contribution in [-0.4, -0.2) is 32.2 Å². The minimum atomic E-state index is -0.507. The SMILES string of the molecule is COc1ccc([C@@H]2CC(=O)c3c(cc(OC)c(CC=C(C)CCC=C(C)C)c3O)O2)cc1OC. The molecule has 34 heavy (non-hydrogen) atoms. The molecule has 3 rings (SSSR count). The summed E-state index contributed by atoms with van der Waals surface area (Å²) in [6.45, 7) is 6.25. The van der Waals surface area contributed by atoms with E-state index in [1.54, 1.807) is 39.5 Å². The van der Waals surface area contributed by atoms with Crippen LogP contribution < -0.4 is 18.9 Å². The number of phenolic OH excluding ortho intramolecular Hbond substituents is 1. The Kier molecular flexibility index (Phi) is 8.26. The Morgan fingerprint density at radius 2 is 1.74 bits per heavy atom. The molecule has 0 aliphatic carbocycles. The maximum Gasteiger partial charge on any atom is 0.174 e. The molecule has 0 saturated carbocycles. The van der Waals surface area contributed by atoms with E-state index >= 15 is 0 Å². The second-order valence-electron chi connectivity index (χ2n) is 8.70. The van der Waals surface area contributed by atoms with Gasteiger partial charge in [-0.25, -0.2) is 0 Å². The van der Waals surface area contributed by atoms with Crippen molar-refractivity contribution in [2.45, 2.75) is 52.6 Å². The monoisotopic (exact) mass is 466 g/mol. The summed E-state index contributed by atoms with van der Waals surface area (Å²) < 4.78 is 22.4. The van der Waals surface area contributed by atoms with Crippen LogP contribution in [0.3, 0.4) is 0 Å². The van der Waals surface area contributed by atoms with Crippen molar-refractivity contribution in [3.05, 3.63) is 64.3 Å². The average molecular weight is 467 g/mol. The topological polar surface area (TPSA) is 74.2 Å². The highest BCUT2D eigenvalue weighted by Crippen LogP contribution is 2.45. The van der Waals surface area contributed by atoms with Gasteiger partial charge in [-0.3, -0.25) is 4.79 Å². The van der Waals surface area contributed by atoms with Crippen molar-refractivity contribution < 1.29 is 28.8 Å². The third-order valence-electron chi connectivity index (χ3n) is 5.99. The number of methoxy groups -OCH3 is 3. The molecule has 0 saturated heterocycles. The molecule has 2 aromatic rings. The minimum Gasteiger partial charge on any atom is -0.507 e. The van der Waals surface area contributed by atoms with Gasteiger partial charge in [0.15, 0.2) is 17.3 Å². The first-order valence-electron chi connectivity index (χ1n) is 11.4. The third kappa shape index (κ3) is 5.56. The zero-order valence-electron chi connectivity index (χ0n) is 20.9. The average Bonchev–Trinajstić information content (AvgIpc) is 2.82. The molecule has 0 fully saturated rings. The Hall–Kier alpha value is -3.41. The molecular formula is C28H34O6. The third-order valence-corrected chi connectivity index (χ3v) is 5.99. The number of allylic oxidation sites excluding steroid dienone is 4. The molecule has 0 spiro atoms. The van der Waals surface area contributed by atoms with Gasteiger partial charge in [0.1, 0.15) is 28.9 Å². The predicted octanol–water partition coefficient (Wildman–Crippen LogP) is 6.36. The van der Waals surface area contributed by atoms with Crippen LogP contribution in [0.25, 0.3) is 0 Å². The van der Waals surface area contributed by atoms with Gasteiger partial charge < -0.3 is 24.1 Å². The first kappa shape index (κ1) is 25.2. The van der Waals surface area contributed by atoms with E-state index in [1.807, 2.05) is 6.07 Å². The summed E-state index contributed by atoms with van der Waals surface area (Å²) in [5.41, 5.74) is 4.10. The lowest BCUT2D eigenvalue weighted by Gasteiger charge is -2.28. The first-order valence-corrected chi connectivity index (χ1v) is 11.4. The highest BCUT2D eigenvalue weighted by atomic mass is 16.5. The van der Waals surface area contributed by atoms with Crippen molar-refractivity contribution in [3.8, 4) is 28.7 Å².